The smallest absolute Gasteiger partial charge is 0.243 e. The summed E-state index contributed by atoms with van der Waals surface area (Å²) in [4.78, 5) is 0.112. The summed E-state index contributed by atoms with van der Waals surface area (Å²) in [6, 6.07) is 6.29. The summed E-state index contributed by atoms with van der Waals surface area (Å²) in [5, 5.41) is 6.23. The first kappa shape index (κ1) is 13.7. The van der Waals surface area contributed by atoms with E-state index in [1.54, 1.807) is 25.1 Å². The molecule has 0 fully saturated rings. The van der Waals surface area contributed by atoms with Crippen molar-refractivity contribution in [2.75, 3.05) is 6.54 Å². The summed E-state index contributed by atoms with van der Waals surface area (Å²) in [7, 11) is -3.60. The Morgan fingerprint density at radius 3 is 2.74 bits per heavy atom. The number of hydrogen-bond donors (Lipinski definition) is 2. The van der Waals surface area contributed by atoms with Crippen molar-refractivity contribution in [3.05, 3.63) is 47.5 Å². The van der Waals surface area contributed by atoms with Crippen molar-refractivity contribution in [3.8, 4) is 0 Å². The monoisotopic (exact) mass is 283 g/mol. The molecule has 0 radical (unpaired) electrons. The summed E-state index contributed by atoms with van der Waals surface area (Å²) in [6.45, 7) is 1.76. The van der Waals surface area contributed by atoms with Crippen LogP contribution in [0.3, 0.4) is 0 Å². The third kappa shape index (κ3) is 3.18. The standard InChI is InChI=1S/C12H14FN3O2S/c1-9-12(8-14-16-9)19(17,18)15-7-6-10-4-2-3-5-11(10)13/h2-5,8,15H,6-7H2,1H3,(H,14,16). The van der Waals surface area contributed by atoms with Gasteiger partial charge in [-0.15, -0.1) is 0 Å². The maximum Gasteiger partial charge on any atom is 0.243 e. The van der Waals surface area contributed by atoms with Crippen LogP contribution in [-0.2, 0) is 16.4 Å². The lowest BCUT2D eigenvalue weighted by Gasteiger charge is -2.06. The van der Waals surface area contributed by atoms with Crippen LogP contribution in [-0.4, -0.2) is 25.2 Å². The Bertz CT molecular complexity index is 667. The number of H-pyrrole nitrogens is 1. The van der Waals surface area contributed by atoms with Gasteiger partial charge in [-0.25, -0.2) is 17.5 Å². The van der Waals surface area contributed by atoms with Gasteiger partial charge in [0.15, 0.2) is 0 Å². The average Bonchev–Trinajstić information content (AvgIpc) is 2.79. The quantitative estimate of drug-likeness (QED) is 0.870. The molecule has 2 rings (SSSR count). The lowest BCUT2D eigenvalue weighted by Crippen LogP contribution is -2.26. The molecule has 0 saturated heterocycles. The van der Waals surface area contributed by atoms with E-state index in [-0.39, 0.29) is 17.3 Å². The van der Waals surface area contributed by atoms with Crippen LogP contribution in [0.15, 0.2) is 35.4 Å². The number of nitrogens with one attached hydrogen (secondary N) is 2. The maximum absolute atomic E-state index is 13.4. The van der Waals surface area contributed by atoms with Crippen molar-refractivity contribution in [2.45, 2.75) is 18.2 Å². The van der Waals surface area contributed by atoms with Crippen LogP contribution in [0, 0.1) is 12.7 Å². The Kier molecular flexibility index (Phi) is 3.96. The van der Waals surface area contributed by atoms with Gasteiger partial charge < -0.3 is 0 Å². The minimum absolute atomic E-state index is 0.112. The molecular formula is C12H14FN3O2S. The second-order valence-corrected chi connectivity index (χ2v) is 5.83. The molecule has 0 spiro atoms. The van der Waals surface area contributed by atoms with Gasteiger partial charge in [0.1, 0.15) is 10.7 Å². The van der Waals surface area contributed by atoms with Gasteiger partial charge in [-0.1, -0.05) is 18.2 Å². The number of benzene rings is 1. The van der Waals surface area contributed by atoms with Gasteiger partial charge in [-0.2, -0.15) is 5.10 Å². The van der Waals surface area contributed by atoms with Crippen molar-refractivity contribution in [2.24, 2.45) is 0 Å². The van der Waals surface area contributed by atoms with Crippen LogP contribution in [0.1, 0.15) is 11.3 Å². The lowest BCUT2D eigenvalue weighted by atomic mass is 10.1. The minimum atomic E-state index is -3.60. The molecule has 7 heteroatoms. The number of aromatic nitrogens is 2. The fourth-order valence-electron chi connectivity index (χ4n) is 1.71. The predicted molar refractivity (Wildman–Crippen MR) is 68.6 cm³/mol. The molecule has 2 aromatic rings. The Hall–Kier alpha value is -1.73. The molecule has 19 heavy (non-hydrogen) atoms. The van der Waals surface area contributed by atoms with Crippen LogP contribution in [0.25, 0.3) is 0 Å². The van der Waals surface area contributed by atoms with Gasteiger partial charge in [0.2, 0.25) is 10.0 Å². The molecule has 0 aliphatic heterocycles. The van der Waals surface area contributed by atoms with E-state index in [0.29, 0.717) is 17.7 Å². The van der Waals surface area contributed by atoms with Gasteiger partial charge in [-0.05, 0) is 25.0 Å². The number of aryl methyl sites for hydroxylation is 1. The molecule has 0 aliphatic rings. The van der Waals surface area contributed by atoms with Crippen LogP contribution >= 0.6 is 0 Å². The van der Waals surface area contributed by atoms with Gasteiger partial charge in [0.25, 0.3) is 0 Å². The van der Waals surface area contributed by atoms with Crippen molar-refractivity contribution in [3.63, 3.8) is 0 Å². The van der Waals surface area contributed by atoms with Crippen LogP contribution in [0.5, 0.6) is 0 Å². The fraction of sp³-hybridized carbons (Fsp3) is 0.250. The predicted octanol–water partition coefficient (Wildman–Crippen LogP) is 1.38. The Balaban J connectivity index is 2.00. The highest BCUT2D eigenvalue weighted by Crippen LogP contribution is 2.11. The van der Waals surface area contributed by atoms with Gasteiger partial charge in [0.05, 0.1) is 11.9 Å². The fourth-order valence-corrected chi connectivity index (χ4v) is 2.88. The molecule has 1 aromatic carbocycles. The molecule has 0 amide bonds. The molecule has 0 aliphatic carbocycles. The van der Waals surface area contributed by atoms with E-state index >= 15 is 0 Å². The van der Waals surface area contributed by atoms with E-state index in [2.05, 4.69) is 14.9 Å². The minimum Gasteiger partial charge on any atom is -0.281 e. The van der Waals surface area contributed by atoms with E-state index in [1.807, 2.05) is 0 Å². The first-order chi connectivity index (χ1) is 9.00. The average molecular weight is 283 g/mol. The molecule has 0 saturated carbocycles. The summed E-state index contributed by atoms with van der Waals surface area (Å²) < 4.78 is 39.6. The number of sulfonamides is 1. The zero-order valence-electron chi connectivity index (χ0n) is 10.4. The van der Waals surface area contributed by atoms with E-state index in [1.165, 1.54) is 12.3 Å². The first-order valence-electron chi connectivity index (χ1n) is 5.74. The number of nitrogens with zero attached hydrogens (tertiary/aromatic N) is 1. The zero-order chi connectivity index (χ0) is 13.9. The van der Waals surface area contributed by atoms with Crippen molar-refractivity contribution in [1.29, 1.82) is 0 Å². The molecule has 1 heterocycles. The molecule has 2 N–H and O–H groups in total. The highest BCUT2D eigenvalue weighted by molar-refractivity contribution is 7.89. The highest BCUT2D eigenvalue weighted by atomic mass is 32.2. The van der Waals surface area contributed by atoms with E-state index < -0.39 is 10.0 Å². The van der Waals surface area contributed by atoms with Crippen molar-refractivity contribution >= 4 is 10.0 Å². The first-order valence-corrected chi connectivity index (χ1v) is 7.22. The highest BCUT2D eigenvalue weighted by Gasteiger charge is 2.17. The molecule has 5 nitrogen and oxygen atoms in total. The molecule has 102 valence electrons. The second-order valence-electron chi connectivity index (χ2n) is 4.10. The number of aromatic amines is 1. The molecule has 0 atom stereocenters. The van der Waals surface area contributed by atoms with Gasteiger partial charge >= 0.3 is 0 Å². The molecule has 0 bridgehead atoms. The van der Waals surface area contributed by atoms with Gasteiger partial charge in [0, 0.05) is 6.54 Å². The second kappa shape index (κ2) is 5.50. The van der Waals surface area contributed by atoms with Crippen LogP contribution in [0.4, 0.5) is 4.39 Å². The third-order valence-electron chi connectivity index (χ3n) is 2.72. The van der Waals surface area contributed by atoms with Crippen molar-refractivity contribution in [1.82, 2.24) is 14.9 Å². The maximum atomic E-state index is 13.4. The summed E-state index contributed by atoms with van der Waals surface area (Å²) in [5.41, 5.74) is 0.951. The van der Waals surface area contributed by atoms with Crippen molar-refractivity contribution < 1.29 is 12.8 Å². The zero-order valence-corrected chi connectivity index (χ0v) is 11.2. The topological polar surface area (TPSA) is 74.8 Å². The summed E-state index contributed by atoms with van der Waals surface area (Å²) >= 11 is 0. The lowest BCUT2D eigenvalue weighted by molar-refractivity contribution is 0.577. The Morgan fingerprint density at radius 1 is 1.37 bits per heavy atom. The number of halogens is 1. The Labute approximate surface area is 110 Å². The van der Waals surface area contributed by atoms with E-state index in [9.17, 15) is 12.8 Å². The number of hydrogen-bond acceptors (Lipinski definition) is 3. The molecular weight excluding hydrogens is 269 g/mol. The van der Waals surface area contributed by atoms with E-state index in [0.717, 1.165) is 0 Å². The van der Waals surface area contributed by atoms with Crippen LogP contribution in [0.2, 0.25) is 0 Å². The summed E-state index contributed by atoms with van der Waals surface area (Å²) in [6.07, 6.45) is 1.55. The SMILES string of the molecule is Cc1[nH]ncc1S(=O)(=O)NCCc1ccccc1F. The number of rotatable bonds is 5. The third-order valence-corrected chi connectivity index (χ3v) is 4.29. The van der Waals surface area contributed by atoms with Crippen LogP contribution < -0.4 is 4.72 Å². The van der Waals surface area contributed by atoms with Gasteiger partial charge in [-0.3, -0.25) is 5.10 Å². The largest absolute Gasteiger partial charge is 0.281 e. The van der Waals surface area contributed by atoms with E-state index in [4.69, 9.17) is 0 Å². The Morgan fingerprint density at radius 2 is 2.11 bits per heavy atom. The molecule has 1 aromatic heterocycles. The summed E-state index contributed by atoms with van der Waals surface area (Å²) in [5.74, 6) is -0.332. The molecule has 0 unspecified atom stereocenters. The normalized spacial score (nSPS) is 11.7.